The third-order valence-corrected chi connectivity index (χ3v) is 10.7. The molecule has 1 aliphatic heterocycles. The van der Waals surface area contributed by atoms with Crippen molar-refractivity contribution >= 4 is 46.4 Å². The van der Waals surface area contributed by atoms with Crippen LogP contribution < -0.4 is 26.6 Å². The molecule has 0 bridgehead atoms. The van der Waals surface area contributed by atoms with Crippen molar-refractivity contribution in [2.24, 2.45) is 11.8 Å². The lowest BCUT2D eigenvalue weighted by Gasteiger charge is -2.37. The van der Waals surface area contributed by atoms with Gasteiger partial charge in [0.2, 0.25) is 29.5 Å². The third-order valence-electron chi connectivity index (χ3n) is 10.7. The number of fused-ring (bicyclic) bond motifs is 1. The van der Waals surface area contributed by atoms with Crippen LogP contribution in [0.15, 0.2) is 55.0 Å². The summed E-state index contributed by atoms with van der Waals surface area (Å²) >= 11 is 0. The third kappa shape index (κ3) is 8.84. The molecule has 282 valence electrons. The van der Waals surface area contributed by atoms with Crippen LogP contribution in [-0.4, -0.2) is 86.0 Å². The Bertz CT molecular complexity index is 1820. The van der Waals surface area contributed by atoms with Crippen LogP contribution in [0.3, 0.4) is 0 Å². The van der Waals surface area contributed by atoms with Gasteiger partial charge < -0.3 is 41.8 Å². The average molecular weight is 730 g/mol. The Hall–Kier alpha value is -5.31. The smallest absolute Gasteiger partial charge is 0.303 e. The van der Waals surface area contributed by atoms with Gasteiger partial charge in [-0.25, -0.2) is 0 Å². The van der Waals surface area contributed by atoms with Crippen LogP contribution in [0.25, 0.3) is 10.9 Å². The minimum absolute atomic E-state index is 0.0425. The van der Waals surface area contributed by atoms with Gasteiger partial charge in [-0.2, -0.15) is 0 Å². The SMILES string of the molecule is CC(O)C1NC(=O)C(C2CC2)NC(=O)C(c2cncc3[nH]ccc23)NC(=O)C(C(c2ccccc2)C2CCCCC2)NC(=O)C(CCC(=O)O)NC1=O. The van der Waals surface area contributed by atoms with Crippen molar-refractivity contribution in [2.45, 2.75) is 107 Å². The van der Waals surface area contributed by atoms with E-state index >= 15 is 0 Å². The number of aliphatic hydroxyl groups excluding tert-OH is 1. The second kappa shape index (κ2) is 16.6. The summed E-state index contributed by atoms with van der Waals surface area (Å²) in [6.07, 6.45) is 8.14. The monoisotopic (exact) mass is 729 g/mol. The highest BCUT2D eigenvalue weighted by Crippen LogP contribution is 2.39. The Morgan fingerprint density at radius 3 is 2.17 bits per heavy atom. The minimum Gasteiger partial charge on any atom is -0.481 e. The van der Waals surface area contributed by atoms with E-state index in [1.54, 1.807) is 18.5 Å². The van der Waals surface area contributed by atoms with E-state index in [9.17, 15) is 39.0 Å². The lowest BCUT2D eigenvalue weighted by atomic mass is 9.73. The van der Waals surface area contributed by atoms with E-state index in [4.69, 9.17) is 0 Å². The van der Waals surface area contributed by atoms with Crippen LogP contribution in [0.2, 0.25) is 0 Å². The van der Waals surface area contributed by atoms with Crippen molar-refractivity contribution in [3.05, 3.63) is 66.1 Å². The number of carbonyl (C=O) groups is 6. The number of nitrogens with one attached hydrogen (secondary N) is 6. The number of H-pyrrole nitrogens is 1. The number of carboxylic acids is 1. The van der Waals surface area contributed by atoms with Crippen molar-refractivity contribution < 1.29 is 39.0 Å². The first-order valence-corrected chi connectivity index (χ1v) is 18.4. The highest BCUT2D eigenvalue weighted by atomic mass is 16.4. The number of carboxylic acid groups (broad SMARTS) is 1. The molecule has 2 aliphatic carbocycles. The Labute approximate surface area is 306 Å². The highest BCUT2D eigenvalue weighted by Gasteiger charge is 2.44. The van der Waals surface area contributed by atoms with Crippen molar-refractivity contribution in [3.8, 4) is 0 Å². The molecule has 15 heteroatoms. The van der Waals surface area contributed by atoms with Gasteiger partial charge in [0.1, 0.15) is 30.2 Å². The van der Waals surface area contributed by atoms with Crippen LogP contribution in [0, 0.1) is 11.8 Å². The maximum atomic E-state index is 14.9. The number of aliphatic hydroxyl groups is 1. The molecule has 7 unspecified atom stereocenters. The molecular weight excluding hydrogens is 682 g/mol. The number of aromatic nitrogens is 2. The Balaban J connectivity index is 1.49. The van der Waals surface area contributed by atoms with Crippen LogP contribution in [0.5, 0.6) is 0 Å². The molecule has 7 atom stereocenters. The normalized spacial score (nSPS) is 26.5. The molecule has 2 saturated carbocycles. The summed E-state index contributed by atoms with van der Waals surface area (Å²) in [6.45, 7) is 1.30. The molecule has 0 radical (unpaired) electrons. The summed E-state index contributed by atoms with van der Waals surface area (Å²) in [5.41, 5.74) is 1.75. The van der Waals surface area contributed by atoms with E-state index < -0.39 is 84.2 Å². The second-order valence-electron chi connectivity index (χ2n) is 14.5. The first-order chi connectivity index (χ1) is 25.5. The van der Waals surface area contributed by atoms with Gasteiger partial charge in [0.15, 0.2) is 0 Å². The number of amides is 5. The zero-order valence-electron chi connectivity index (χ0n) is 29.5. The summed E-state index contributed by atoms with van der Waals surface area (Å²) in [6, 6.07) is 4.31. The van der Waals surface area contributed by atoms with E-state index in [0.717, 1.165) is 37.7 Å². The van der Waals surface area contributed by atoms with Crippen LogP contribution >= 0.6 is 0 Å². The number of hydrogen-bond acceptors (Lipinski definition) is 8. The predicted molar refractivity (Wildman–Crippen MR) is 192 cm³/mol. The fraction of sp³-hybridized carbons (Fsp3) is 0.500. The van der Waals surface area contributed by atoms with Crippen molar-refractivity contribution in [1.82, 2.24) is 36.6 Å². The molecule has 1 saturated heterocycles. The van der Waals surface area contributed by atoms with Gasteiger partial charge in [-0.05, 0) is 62.5 Å². The van der Waals surface area contributed by atoms with Gasteiger partial charge in [-0.1, -0.05) is 49.6 Å². The van der Waals surface area contributed by atoms with Gasteiger partial charge >= 0.3 is 5.97 Å². The van der Waals surface area contributed by atoms with E-state index in [0.29, 0.717) is 29.3 Å². The largest absolute Gasteiger partial charge is 0.481 e. The number of aliphatic carboxylic acids is 1. The summed E-state index contributed by atoms with van der Waals surface area (Å²) in [4.78, 5) is 90.2. The summed E-state index contributed by atoms with van der Waals surface area (Å²) < 4.78 is 0. The molecule has 3 aliphatic rings. The Kier molecular flexibility index (Phi) is 11.7. The molecule has 3 aromatic rings. The maximum Gasteiger partial charge on any atom is 0.303 e. The van der Waals surface area contributed by atoms with E-state index in [1.165, 1.54) is 13.1 Å². The first kappa shape index (κ1) is 37.4. The van der Waals surface area contributed by atoms with E-state index in [1.807, 2.05) is 30.3 Å². The second-order valence-corrected chi connectivity index (χ2v) is 14.5. The van der Waals surface area contributed by atoms with E-state index in [2.05, 4.69) is 36.6 Å². The van der Waals surface area contributed by atoms with Crippen molar-refractivity contribution in [2.75, 3.05) is 0 Å². The molecular formula is C38H47N7O8. The predicted octanol–water partition coefficient (Wildman–Crippen LogP) is 1.69. The lowest BCUT2D eigenvalue weighted by molar-refractivity contribution is -0.139. The average Bonchev–Trinajstić information content (AvgIpc) is 3.87. The summed E-state index contributed by atoms with van der Waals surface area (Å²) in [5, 5.41) is 34.5. The molecule has 3 heterocycles. The fourth-order valence-corrected chi connectivity index (χ4v) is 7.74. The zero-order chi connectivity index (χ0) is 37.6. The molecule has 15 nitrogen and oxygen atoms in total. The number of nitrogens with zero attached hydrogens (tertiary/aromatic N) is 1. The Morgan fingerprint density at radius 2 is 1.49 bits per heavy atom. The molecule has 3 fully saturated rings. The number of benzene rings is 1. The molecule has 2 aromatic heterocycles. The molecule has 5 amide bonds. The standard InChI is InChI=1S/C38H47N7O8/c1-20(46)30-35(50)41-26(14-15-28(47)48)34(49)45-33(29(21-8-4-2-5-9-21)22-10-6-3-7-11-22)38(53)44-32(25-18-39-19-27-24(25)16-17-40-27)37(52)43-31(23-12-13-23)36(51)42-30/h2,4-5,8-9,16-20,22-23,26,29-33,40,46H,3,6-7,10-15H2,1H3,(H,41,50)(H,42,51)(H,43,52)(H,44,53)(H,45,49)(H,47,48). The van der Waals surface area contributed by atoms with Crippen LogP contribution in [0.4, 0.5) is 0 Å². The number of aromatic amines is 1. The molecule has 1 aromatic carbocycles. The van der Waals surface area contributed by atoms with Crippen LogP contribution in [0.1, 0.15) is 87.8 Å². The first-order valence-electron chi connectivity index (χ1n) is 18.4. The summed E-state index contributed by atoms with van der Waals surface area (Å²) in [7, 11) is 0. The van der Waals surface area contributed by atoms with Gasteiger partial charge in [0.25, 0.3) is 0 Å². The van der Waals surface area contributed by atoms with E-state index in [-0.39, 0.29) is 18.3 Å². The highest BCUT2D eigenvalue weighted by molar-refractivity contribution is 6.00. The number of pyridine rings is 1. The van der Waals surface area contributed by atoms with Gasteiger partial charge in [0, 0.05) is 35.7 Å². The van der Waals surface area contributed by atoms with Crippen LogP contribution in [-0.2, 0) is 28.8 Å². The summed E-state index contributed by atoms with van der Waals surface area (Å²) in [5.74, 6) is -5.95. The van der Waals surface area contributed by atoms with Crippen molar-refractivity contribution in [3.63, 3.8) is 0 Å². The number of carbonyl (C=O) groups excluding carboxylic acids is 5. The fourth-order valence-electron chi connectivity index (χ4n) is 7.74. The number of hydrogen-bond donors (Lipinski definition) is 8. The Morgan fingerprint density at radius 1 is 0.792 bits per heavy atom. The number of rotatable bonds is 9. The topological polar surface area (TPSA) is 232 Å². The molecule has 8 N–H and O–H groups in total. The van der Waals surface area contributed by atoms with Gasteiger partial charge in [0.05, 0.1) is 17.8 Å². The molecule has 53 heavy (non-hydrogen) atoms. The van der Waals surface area contributed by atoms with Crippen molar-refractivity contribution in [1.29, 1.82) is 0 Å². The maximum absolute atomic E-state index is 14.9. The van der Waals surface area contributed by atoms with Gasteiger partial charge in [-0.15, -0.1) is 0 Å². The zero-order valence-corrected chi connectivity index (χ0v) is 29.5. The van der Waals surface area contributed by atoms with Gasteiger partial charge in [-0.3, -0.25) is 33.8 Å². The quantitative estimate of drug-likeness (QED) is 0.160. The lowest BCUT2D eigenvalue weighted by Crippen LogP contribution is -2.60. The minimum atomic E-state index is -1.55. The molecule has 0 spiro atoms. The molecule has 6 rings (SSSR count).